The topological polar surface area (TPSA) is 122 Å². The molecule has 0 fully saturated rings. The Kier molecular flexibility index (Phi) is 5.94. The average molecular weight is 413 g/mol. The number of thiophene rings is 1. The minimum absolute atomic E-state index is 0.0327. The van der Waals surface area contributed by atoms with Gasteiger partial charge < -0.3 is 10.1 Å². The summed E-state index contributed by atoms with van der Waals surface area (Å²) in [5, 5.41) is 23.6. The number of ether oxygens (including phenoxy) is 1. The highest BCUT2D eigenvalue weighted by molar-refractivity contribution is 7.16. The Morgan fingerprint density at radius 2 is 2.21 bits per heavy atom. The van der Waals surface area contributed by atoms with Gasteiger partial charge >= 0.3 is 5.97 Å². The molecule has 0 aliphatic heterocycles. The molecule has 150 valence electrons. The number of hydrogen-bond acceptors (Lipinski definition) is 7. The zero-order chi connectivity index (χ0) is 21.1. The quantitative estimate of drug-likeness (QED) is 0.452. The summed E-state index contributed by atoms with van der Waals surface area (Å²) in [7, 11) is 0. The number of fused-ring (bicyclic) bond motifs is 1. The maximum atomic E-state index is 12.3. The van der Waals surface area contributed by atoms with E-state index in [1.807, 2.05) is 0 Å². The van der Waals surface area contributed by atoms with E-state index in [4.69, 9.17) is 4.74 Å². The van der Waals surface area contributed by atoms with Crippen LogP contribution in [-0.4, -0.2) is 23.4 Å². The van der Waals surface area contributed by atoms with Crippen LogP contribution in [0.15, 0.2) is 18.2 Å². The van der Waals surface area contributed by atoms with Gasteiger partial charge in [0.15, 0.2) is 6.61 Å². The first-order valence-electron chi connectivity index (χ1n) is 9.07. The third-order valence-corrected chi connectivity index (χ3v) is 6.10. The van der Waals surface area contributed by atoms with E-state index in [1.165, 1.54) is 36.5 Å². The number of hydrogen-bond donors (Lipinski definition) is 1. The maximum absolute atomic E-state index is 12.3. The number of anilines is 1. The fourth-order valence-electron chi connectivity index (χ4n) is 3.37. The van der Waals surface area contributed by atoms with Gasteiger partial charge in [-0.25, -0.2) is 4.79 Å². The number of nitrogens with one attached hydrogen (secondary N) is 1. The van der Waals surface area contributed by atoms with E-state index in [9.17, 15) is 25.0 Å². The van der Waals surface area contributed by atoms with Crippen molar-refractivity contribution in [3.05, 3.63) is 55.4 Å². The van der Waals surface area contributed by atoms with Gasteiger partial charge in [-0.2, -0.15) is 5.26 Å². The Hall–Kier alpha value is -3.25. The molecule has 8 nitrogen and oxygen atoms in total. The lowest BCUT2D eigenvalue weighted by Gasteiger charge is -2.17. The van der Waals surface area contributed by atoms with Crippen molar-refractivity contribution in [1.82, 2.24) is 0 Å². The van der Waals surface area contributed by atoms with Crippen LogP contribution in [0.2, 0.25) is 0 Å². The zero-order valence-corrected chi connectivity index (χ0v) is 16.8. The summed E-state index contributed by atoms with van der Waals surface area (Å²) < 4.78 is 5.02. The van der Waals surface area contributed by atoms with Crippen LogP contribution in [0.4, 0.5) is 10.7 Å². The van der Waals surface area contributed by atoms with Gasteiger partial charge in [0.2, 0.25) is 0 Å². The molecule has 0 radical (unpaired) electrons. The van der Waals surface area contributed by atoms with Crippen molar-refractivity contribution >= 4 is 33.9 Å². The first kappa shape index (κ1) is 20.5. The first-order chi connectivity index (χ1) is 13.8. The fraction of sp³-hybridized carbons (Fsp3) is 0.350. The van der Waals surface area contributed by atoms with E-state index in [-0.39, 0.29) is 16.8 Å². The second-order valence-electron chi connectivity index (χ2n) is 7.00. The number of carbonyl (C=O) groups is 2. The molecular formula is C20H19N3O5S. The lowest BCUT2D eigenvalue weighted by molar-refractivity contribution is -0.385. The van der Waals surface area contributed by atoms with Gasteiger partial charge in [-0.1, -0.05) is 13.0 Å². The number of benzene rings is 1. The van der Waals surface area contributed by atoms with Gasteiger partial charge in [0.25, 0.3) is 11.6 Å². The predicted octanol–water partition coefficient (Wildman–Crippen LogP) is 3.76. The number of nitro groups is 1. The molecule has 0 saturated heterocycles. The van der Waals surface area contributed by atoms with E-state index in [1.54, 1.807) is 0 Å². The largest absolute Gasteiger partial charge is 0.452 e. The predicted molar refractivity (Wildman–Crippen MR) is 107 cm³/mol. The summed E-state index contributed by atoms with van der Waals surface area (Å²) >= 11 is 1.39. The number of nitro benzene ring substituents is 1. The van der Waals surface area contributed by atoms with Crippen molar-refractivity contribution in [3.8, 4) is 6.07 Å². The van der Waals surface area contributed by atoms with Crippen molar-refractivity contribution in [2.45, 2.75) is 33.1 Å². The van der Waals surface area contributed by atoms with Crippen molar-refractivity contribution in [2.24, 2.45) is 5.92 Å². The van der Waals surface area contributed by atoms with Crippen molar-refractivity contribution in [1.29, 1.82) is 5.26 Å². The molecule has 0 saturated carbocycles. The molecule has 0 bridgehead atoms. The van der Waals surface area contributed by atoms with Crippen LogP contribution in [0.25, 0.3) is 0 Å². The summed E-state index contributed by atoms with van der Waals surface area (Å²) in [6.45, 7) is 3.05. The highest BCUT2D eigenvalue weighted by Crippen LogP contribution is 2.39. The SMILES string of the molecule is Cc1c(C(=O)OCC(=O)Nc2sc3c(c2C#N)CC[C@@H](C)C3)cccc1[N+](=O)[O-]. The normalized spacial score (nSPS) is 15.1. The molecule has 1 amide bonds. The number of nitriles is 1. The van der Waals surface area contributed by atoms with E-state index in [2.05, 4.69) is 18.3 Å². The molecule has 1 aromatic heterocycles. The molecule has 1 N–H and O–H groups in total. The molecule has 2 aromatic rings. The van der Waals surface area contributed by atoms with Crippen LogP contribution in [-0.2, 0) is 22.4 Å². The van der Waals surface area contributed by atoms with Gasteiger partial charge in [-0.05, 0) is 43.7 Å². The monoisotopic (exact) mass is 413 g/mol. The Morgan fingerprint density at radius 3 is 2.90 bits per heavy atom. The molecule has 1 heterocycles. The summed E-state index contributed by atoms with van der Waals surface area (Å²) in [4.78, 5) is 36.0. The van der Waals surface area contributed by atoms with E-state index < -0.39 is 23.4 Å². The fourth-order valence-corrected chi connectivity index (χ4v) is 4.75. The number of nitrogens with zero attached hydrogens (tertiary/aromatic N) is 2. The van der Waals surface area contributed by atoms with Gasteiger partial charge in [-0.15, -0.1) is 11.3 Å². The molecule has 9 heteroatoms. The molecule has 3 rings (SSSR count). The Balaban J connectivity index is 1.67. The van der Waals surface area contributed by atoms with Crippen LogP contribution in [0.5, 0.6) is 0 Å². The second-order valence-corrected chi connectivity index (χ2v) is 8.10. The third-order valence-electron chi connectivity index (χ3n) is 4.93. The van der Waals surface area contributed by atoms with Gasteiger partial charge in [-0.3, -0.25) is 14.9 Å². The smallest absolute Gasteiger partial charge is 0.339 e. The lowest BCUT2D eigenvalue weighted by atomic mass is 9.89. The summed E-state index contributed by atoms with van der Waals surface area (Å²) in [5.74, 6) is -0.846. The maximum Gasteiger partial charge on any atom is 0.339 e. The molecule has 29 heavy (non-hydrogen) atoms. The van der Waals surface area contributed by atoms with E-state index in [0.29, 0.717) is 16.5 Å². The summed E-state index contributed by atoms with van der Waals surface area (Å²) in [6.07, 6.45) is 2.70. The van der Waals surface area contributed by atoms with Crippen molar-refractivity contribution in [2.75, 3.05) is 11.9 Å². The zero-order valence-electron chi connectivity index (χ0n) is 16.0. The molecule has 1 aliphatic rings. The molecular weight excluding hydrogens is 394 g/mol. The van der Waals surface area contributed by atoms with Crippen LogP contribution in [0.3, 0.4) is 0 Å². The number of esters is 1. The van der Waals surface area contributed by atoms with Gasteiger partial charge in [0.1, 0.15) is 11.1 Å². The highest BCUT2D eigenvalue weighted by atomic mass is 32.1. The molecule has 0 spiro atoms. The highest BCUT2D eigenvalue weighted by Gasteiger charge is 2.25. The summed E-state index contributed by atoms with van der Waals surface area (Å²) in [5.41, 5.74) is 1.49. The van der Waals surface area contributed by atoms with Gasteiger partial charge in [0, 0.05) is 16.5 Å². The first-order valence-corrected chi connectivity index (χ1v) is 9.89. The van der Waals surface area contributed by atoms with Crippen LogP contribution >= 0.6 is 11.3 Å². The molecule has 0 unspecified atom stereocenters. The van der Waals surface area contributed by atoms with Crippen molar-refractivity contribution in [3.63, 3.8) is 0 Å². The van der Waals surface area contributed by atoms with E-state index in [0.717, 1.165) is 29.7 Å². The second kappa shape index (κ2) is 8.41. The lowest BCUT2D eigenvalue weighted by Crippen LogP contribution is -2.21. The van der Waals surface area contributed by atoms with Crippen LogP contribution < -0.4 is 5.32 Å². The Labute approximate surface area is 171 Å². The third kappa shape index (κ3) is 4.27. The number of rotatable bonds is 5. The summed E-state index contributed by atoms with van der Waals surface area (Å²) in [6, 6.07) is 6.25. The van der Waals surface area contributed by atoms with Crippen LogP contribution in [0.1, 0.15) is 45.3 Å². The average Bonchev–Trinajstić information content (AvgIpc) is 3.01. The van der Waals surface area contributed by atoms with E-state index >= 15 is 0 Å². The minimum Gasteiger partial charge on any atom is -0.452 e. The Morgan fingerprint density at radius 1 is 1.45 bits per heavy atom. The molecule has 1 aromatic carbocycles. The molecule has 1 atom stereocenters. The number of amides is 1. The Bertz CT molecular complexity index is 1040. The van der Waals surface area contributed by atoms with Crippen molar-refractivity contribution < 1.29 is 19.2 Å². The number of carbonyl (C=O) groups excluding carboxylic acids is 2. The van der Waals surface area contributed by atoms with Gasteiger partial charge in [0.05, 0.1) is 16.1 Å². The minimum atomic E-state index is -0.818. The standard InChI is InChI=1S/C20H19N3O5S/c1-11-6-7-14-15(9-21)19(29-17(14)8-11)22-18(24)10-28-20(25)13-4-3-5-16(12(13)2)23(26)27/h3-5,11H,6-8,10H2,1-2H3,(H,22,24)/t11-/m1/s1. The molecule has 1 aliphatic carbocycles. The van der Waals surface area contributed by atoms with Crippen LogP contribution in [0, 0.1) is 34.3 Å².